The monoisotopic (exact) mass is 330 g/mol. The van der Waals surface area contributed by atoms with Gasteiger partial charge in [-0.25, -0.2) is 4.90 Å². The molecule has 1 fully saturated rings. The highest BCUT2D eigenvalue weighted by Crippen LogP contribution is 2.30. The van der Waals surface area contributed by atoms with Gasteiger partial charge >= 0.3 is 0 Å². The average molecular weight is 332 g/mol. The summed E-state index contributed by atoms with van der Waals surface area (Å²) in [6, 6.07) is 4.45. The van der Waals surface area contributed by atoms with E-state index in [9.17, 15) is 9.59 Å². The van der Waals surface area contributed by atoms with Crippen LogP contribution < -0.4 is 4.90 Å². The van der Waals surface area contributed by atoms with Crippen molar-refractivity contribution in [3.63, 3.8) is 0 Å². The number of amides is 2. The summed E-state index contributed by atoms with van der Waals surface area (Å²) in [5.41, 5.74) is 0.312. The molecule has 1 aliphatic heterocycles. The van der Waals surface area contributed by atoms with Gasteiger partial charge in [-0.3, -0.25) is 14.6 Å². The molecule has 2 amide bonds. The maximum atomic E-state index is 12.2. The first-order valence-corrected chi connectivity index (χ1v) is 6.79. The maximum Gasteiger partial charge on any atom is 0.281 e. The Balaban J connectivity index is 2.42. The number of halogens is 3. The van der Waals surface area contributed by atoms with Crippen molar-refractivity contribution in [3.05, 3.63) is 40.9 Å². The number of hydrogen-bond donors (Lipinski definition) is 0. The third kappa shape index (κ3) is 2.59. The molecular formula is C13H9Cl3N2O2. The molecule has 2 rings (SSSR count). The van der Waals surface area contributed by atoms with E-state index in [1.807, 2.05) is 0 Å². The second-order valence-corrected chi connectivity index (χ2v) is 5.21. The van der Waals surface area contributed by atoms with Gasteiger partial charge in [0.25, 0.3) is 11.8 Å². The molecule has 1 aromatic rings. The van der Waals surface area contributed by atoms with Crippen molar-refractivity contribution >= 4 is 58.0 Å². The Morgan fingerprint density at radius 1 is 1.30 bits per heavy atom. The molecule has 0 saturated carbocycles. The number of alkyl halides is 1. The molecule has 0 bridgehead atoms. The van der Waals surface area contributed by atoms with Crippen LogP contribution in [-0.4, -0.2) is 29.4 Å². The van der Waals surface area contributed by atoms with E-state index < -0.39 is 17.2 Å². The number of carbonyl (C=O) groups is 2. The topological polar surface area (TPSA) is 49.7 Å². The van der Waals surface area contributed by atoms with Crippen molar-refractivity contribution in [2.75, 3.05) is 11.4 Å². The second-order valence-electron chi connectivity index (χ2n) is 3.95. The summed E-state index contributed by atoms with van der Waals surface area (Å²) in [5.74, 6) is -1.12. The van der Waals surface area contributed by atoms with Crippen LogP contribution in [0.2, 0.25) is 10.0 Å². The van der Waals surface area contributed by atoms with Crippen molar-refractivity contribution in [2.24, 2.45) is 4.99 Å². The lowest BCUT2D eigenvalue weighted by atomic mass is 10.3. The van der Waals surface area contributed by atoms with Gasteiger partial charge in [0.15, 0.2) is 5.38 Å². The zero-order valence-corrected chi connectivity index (χ0v) is 12.4. The molecule has 1 heterocycles. The minimum Gasteiger partial charge on any atom is -0.278 e. The van der Waals surface area contributed by atoms with Gasteiger partial charge in [0.05, 0.1) is 22.3 Å². The van der Waals surface area contributed by atoms with Gasteiger partial charge in [-0.05, 0) is 18.2 Å². The first-order valence-electron chi connectivity index (χ1n) is 5.60. The van der Waals surface area contributed by atoms with E-state index in [4.69, 9.17) is 34.8 Å². The Hall–Kier alpha value is -1.36. The summed E-state index contributed by atoms with van der Waals surface area (Å²) < 4.78 is 0. The van der Waals surface area contributed by atoms with Gasteiger partial charge in [-0.2, -0.15) is 0 Å². The van der Waals surface area contributed by atoms with Crippen LogP contribution in [0.3, 0.4) is 0 Å². The molecule has 0 spiro atoms. The molecule has 104 valence electrons. The standard InChI is InChI=1S/C13H9Cl3N2O2/c1-2-5-17-11-10(16)12(19)18(13(11)20)7-3-4-8(14)9(15)6-7/h2-4,6,10H,1,5H2. The van der Waals surface area contributed by atoms with Gasteiger partial charge in [-0.1, -0.05) is 29.3 Å². The number of hydrogen-bond acceptors (Lipinski definition) is 3. The lowest BCUT2D eigenvalue weighted by Gasteiger charge is -2.13. The van der Waals surface area contributed by atoms with Gasteiger partial charge < -0.3 is 0 Å². The quantitative estimate of drug-likeness (QED) is 0.485. The minimum absolute atomic E-state index is 0.00244. The highest BCUT2D eigenvalue weighted by molar-refractivity contribution is 6.68. The van der Waals surface area contributed by atoms with E-state index in [1.54, 1.807) is 0 Å². The second kappa shape index (κ2) is 5.95. The smallest absolute Gasteiger partial charge is 0.278 e. The first-order chi connectivity index (χ1) is 9.47. The highest BCUT2D eigenvalue weighted by Gasteiger charge is 2.44. The van der Waals surface area contributed by atoms with Crippen LogP contribution in [0, 0.1) is 0 Å². The number of rotatable bonds is 3. The number of aliphatic imine (C=N–C) groups is 1. The molecule has 1 aromatic carbocycles. The third-order valence-electron chi connectivity index (χ3n) is 2.65. The fraction of sp³-hybridized carbons (Fsp3) is 0.154. The SMILES string of the molecule is C=CCN=C1C(=O)N(c2ccc(Cl)c(Cl)c2)C(=O)C1Cl. The maximum absolute atomic E-state index is 12.2. The van der Waals surface area contributed by atoms with E-state index in [0.717, 1.165) is 4.90 Å². The van der Waals surface area contributed by atoms with Gasteiger partial charge in [0, 0.05) is 0 Å². The zero-order valence-electron chi connectivity index (χ0n) is 10.1. The summed E-state index contributed by atoms with van der Waals surface area (Å²) in [4.78, 5) is 29.2. The molecule has 0 radical (unpaired) electrons. The Morgan fingerprint density at radius 2 is 2.00 bits per heavy atom. The molecule has 4 nitrogen and oxygen atoms in total. The van der Waals surface area contributed by atoms with E-state index in [0.29, 0.717) is 10.7 Å². The minimum atomic E-state index is -1.10. The summed E-state index contributed by atoms with van der Waals surface area (Å²) in [5, 5.41) is -0.526. The molecule has 0 N–H and O–H groups in total. The van der Waals surface area contributed by atoms with Gasteiger partial charge in [0.2, 0.25) is 0 Å². The Morgan fingerprint density at radius 3 is 2.60 bits per heavy atom. The van der Waals surface area contributed by atoms with Crippen LogP contribution in [0.4, 0.5) is 5.69 Å². The summed E-state index contributed by atoms with van der Waals surface area (Å²) >= 11 is 17.6. The van der Waals surface area contributed by atoms with Crippen LogP contribution in [0.5, 0.6) is 0 Å². The van der Waals surface area contributed by atoms with E-state index in [2.05, 4.69) is 11.6 Å². The van der Waals surface area contributed by atoms with Crippen LogP contribution in [0.1, 0.15) is 0 Å². The molecule has 7 heteroatoms. The normalized spacial score (nSPS) is 20.9. The fourth-order valence-corrected chi connectivity index (χ4v) is 2.28. The van der Waals surface area contributed by atoms with Crippen LogP contribution in [0.15, 0.2) is 35.8 Å². The van der Waals surface area contributed by atoms with Crippen LogP contribution in [0.25, 0.3) is 0 Å². The van der Waals surface area contributed by atoms with E-state index in [-0.39, 0.29) is 17.3 Å². The van der Waals surface area contributed by atoms with E-state index >= 15 is 0 Å². The number of imide groups is 1. The highest BCUT2D eigenvalue weighted by atomic mass is 35.5. The zero-order chi connectivity index (χ0) is 14.9. The summed E-state index contributed by atoms with van der Waals surface area (Å²) in [6.07, 6.45) is 1.51. The molecule has 1 saturated heterocycles. The van der Waals surface area contributed by atoms with Crippen molar-refractivity contribution in [1.82, 2.24) is 0 Å². The van der Waals surface area contributed by atoms with Crippen LogP contribution >= 0.6 is 34.8 Å². The molecule has 0 aliphatic carbocycles. The lowest BCUT2D eigenvalue weighted by Crippen LogP contribution is -2.31. The van der Waals surface area contributed by atoms with E-state index in [1.165, 1.54) is 24.3 Å². The molecule has 20 heavy (non-hydrogen) atoms. The summed E-state index contributed by atoms with van der Waals surface area (Å²) in [6.45, 7) is 3.71. The Bertz CT molecular complexity index is 628. The molecule has 0 aromatic heterocycles. The molecule has 1 atom stereocenters. The number of nitrogens with zero attached hydrogens (tertiary/aromatic N) is 2. The predicted octanol–water partition coefficient (Wildman–Crippen LogP) is 3.10. The summed E-state index contributed by atoms with van der Waals surface area (Å²) in [7, 11) is 0. The fourth-order valence-electron chi connectivity index (χ4n) is 1.73. The first kappa shape index (κ1) is 15.0. The molecular weight excluding hydrogens is 323 g/mol. The van der Waals surface area contributed by atoms with Crippen molar-refractivity contribution in [3.8, 4) is 0 Å². The van der Waals surface area contributed by atoms with Crippen molar-refractivity contribution < 1.29 is 9.59 Å². The average Bonchev–Trinajstić information content (AvgIpc) is 2.62. The number of anilines is 1. The number of carbonyl (C=O) groups excluding carboxylic acids is 2. The third-order valence-corrected chi connectivity index (χ3v) is 3.78. The molecule has 1 unspecified atom stereocenters. The Labute approximate surface area is 130 Å². The number of benzene rings is 1. The molecule has 1 aliphatic rings. The van der Waals surface area contributed by atoms with Crippen molar-refractivity contribution in [1.29, 1.82) is 0 Å². The Kier molecular flexibility index (Phi) is 4.48. The van der Waals surface area contributed by atoms with Gasteiger partial charge in [0.1, 0.15) is 5.71 Å². The van der Waals surface area contributed by atoms with Gasteiger partial charge in [-0.15, -0.1) is 18.2 Å². The lowest BCUT2D eigenvalue weighted by molar-refractivity contribution is -0.120. The largest absolute Gasteiger partial charge is 0.281 e. The van der Waals surface area contributed by atoms with Crippen molar-refractivity contribution in [2.45, 2.75) is 5.38 Å². The van der Waals surface area contributed by atoms with Crippen LogP contribution in [-0.2, 0) is 9.59 Å². The predicted molar refractivity (Wildman–Crippen MR) is 81.1 cm³/mol.